The van der Waals surface area contributed by atoms with Crippen molar-refractivity contribution in [2.75, 3.05) is 13.7 Å². The number of aromatic nitrogens is 1. The molecule has 0 bridgehead atoms. The van der Waals surface area contributed by atoms with E-state index in [0.29, 0.717) is 12.3 Å². The van der Waals surface area contributed by atoms with Crippen LogP contribution in [-0.2, 0) is 11.3 Å². The molecule has 1 unspecified atom stereocenters. The van der Waals surface area contributed by atoms with Crippen LogP contribution in [0.25, 0.3) is 0 Å². The average molecular weight is 381 g/mol. The van der Waals surface area contributed by atoms with Crippen molar-refractivity contribution < 1.29 is 22.7 Å². The highest BCUT2D eigenvalue weighted by Crippen LogP contribution is 2.23. The Morgan fingerprint density at radius 1 is 1.44 bits per heavy atom. The zero-order valence-corrected chi connectivity index (χ0v) is 14.7. The number of halogens is 3. The number of hydrogen-bond donors (Lipinski definition) is 2. The predicted molar refractivity (Wildman–Crippen MR) is 91.7 cm³/mol. The van der Waals surface area contributed by atoms with Gasteiger partial charge in [0.15, 0.2) is 6.61 Å². The molecule has 10 heteroatoms. The summed E-state index contributed by atoms with van der Waals surface area (Å²) in [6, 6.07) is 1.30. The fraction of sp³-hybridized carbons (Fsp3) is 0.353. The molecule has 2 N–H and O–H groups in total. The van der Waals surface area contributed by atoms with Crippen LogP contribution in [0.1, 0.15) is 11.1 Å². The maximum absolute atomic E-state index is 12.2. The van der Waals surface area contributed by atoms with Crippen LogP contribution in [-0.4, -0.2) is 47.5 Å². The topological polar surface area (TPSA) is 78.9 Å². The number of carbonyl (C=O) groups is 1. The Kier molecular flexibility index (Phi) is 5.17. The molecule has 1 aromatic heterocycles. The molecule has 3 heterocycles. The number of alkyl halides is 3. The van der Waals surface area contributed by atoms with Crippen LogP contribution in [0.4, 0.5) is 13.2 Å². The van der Waals surface area contributed by atoms with E-state index >= 15 is 0 Å². The number of nitrogens with zero attached hydrogens (tertiary/aromatic N) is 3. The maximum atomic E-state index is 12.2. The van der Waals surface area contributed by atoms with E-state index in [9.17, 15) is 18.0 Å². The van der Waals surface area contributed by atoms with Crippen LogP contribution in [0.15, 0.2) is 41.3 Å². The second-order valence-electron chi connectivity index (χ2n) is 6.07. The van der Waals surface area contributed by atoms with Crippen molar-refractivity contribution in [1.29, 1.82) is 0 Å². The highest BCUT2D eigenvalue weighted by molar-refractivity contribution is 6.46. The highest BCUT2D eigenvalue weighted by atomic mass is 19.4. The zero-order valence-electron chi connectivity index (χ0n) is 14.7. The molecule has 1 aromatic rings. The van der Waals surface area contributed by atoms with Gasteiger partial charge in [-0.1, -0.05) is 0 Å². The summed E-state index contributed by atoms with van der Waals surface area (Å²) in [7, 11) is 1.54. The van der Waals surface area contributed by atoms with E-state index in [-0.39, 0.29) is 17.8 Å². The van der Waals surface area contributed by atoms with Crippen molar-refractivity contribution in [2.45, 2.75) is 25.7 Å². The Labute approximate surface area is 153 Å². The van der Waals surface area contributed by atoms with Crippen LogP contribution in [0.3, 0.4) is 0 Å². The van der Waals surface area contributed by atoms with Crippen LogP contribution in [0, 0.1) is 6.92 Å². The number of hydrazine groups is 1. The minimum absolute atomic E-state index is 0.0769. The minimum atomic E-state index is -4.41. The van der Waals surface area contributed by atoms with Crippen molar-refractivity contribution in [1.82, 2.24) is 20.7 Å². The first kappa shape index (κ1) is 18.9. The number of amides is 1. The number of hydrogen-bond acceptors (Lipinski definition) is 6. The number of aliphatic imine (C=N–C) groups is 1. The van der Waals surface area contributed by atoms with Gasteiger partial charge in [-0.25, -0.2) is 10.4 Å². The molecule has 27 heavy (non-hydrogen) atoms. The van der Waals surface area contributed by atoms with E-state index in [0.717, 1.165) is 16.7 Å². The molecule has 0 radical (unpaired) electrons. The highest BCUT2D eigenvalue weighted by Gasteiger charge is 2.31. The molecule has 2 aliphatic rings. The zero-order chi connectivity index (χ0) is 19.6. The molecule has 144 valence electrons. The number of carbonyl (C=O) groups excluding carboxylic acids is 1. The van der Waals surface area contributed by atoms with Gasteiger partial charge in [0.1, 0.15) is 5.71 Å². The summed E-state index contributed by atoms with van der Waals surface area (Å²) < 4.78 is 41.4. The fourth-order valence-corrected chi connectivity index (χ4v) is 2.71. The number of fused-ring (bicyclic) bond motifs is 1. The summed E-state index contributed by atoms with van der Waals surface area (Å²) in [5, 5.41) is 4.34. The Bertz CT molecular complexity index is 832. The lowest BCUT2D eigenvalue weighted by molar-refractivity contribution is -0.154. The summed E-state index contributed by atoms with van der Waals surface area (Å²) in [5.74, 6) is -0.352. The molecule has 0 aromatic carbocycles. The standard InChI is InChI=1S/C17H18F3N5O2/c1-10-5-14(27-9-17(18,19)20)23-6-11(10)7-25-8-12-13(24-25)3-4-22-15(12)16(26)21-2/h3-6,8,13,24H,7,9H2,1-2H3,(H,21,26). The molecule has 7 nitrogen and oxygen atoms in total. The van der Waals surface area contributed by atoms with Crippen molar-refractivity contribution in [3.8, 4) is 5.88 Å². The molecule has 0 aliphatic carbocycles. The van der Waals surface area contributed by atoms with Crippen molar-refractivity contribution in [3.63, 3.8) is 0 Å². The number of pyridine rings is 1. The molecule has 0 fully saturated rings. The predicted octanol–water partition coefficient (Wildman–Crippen LogP) is 1.62. The van der Waals surface area contributed by atoms with Gasteiger partial charge in [-0.2, -0.15) is 13.2 Å². The molecule has 0 saturated heterocycles. The van der Waals surface area contributed by atoms with Gasteiger partial charge in [0.2, 0.25) is 5.88 Å². The SMILES string of the molecule is CNC(=O)C1=NC=CC2NN(Cc3cnc(OCC(F)(F)F)cc3C)C=C12. The van der Waals surface area contributed by atoms with Gasteiger partial charge in [-0.05, 0) is 24.1 Å². The normalized spacial score (nSPS) is 18.7. The molecule has 2 aliphatic heterocycles. The lowest BCUT2D eigenvalue weighted by Crippen LogP contribution is -2.39. The maximum Gasteiger partial charge on any atom is 0.422 e. The number of ether oxygens (including phenoxy) is 1. The largest absolute Gasteiger partial charge is 0.468 e. The molecule has 0 saturated carbocycles. The Morgan fingerprint density at radius 3 is 2.89 bits per heavy atom. The molecule has 0 spiro atoms. The van der Waals surface area contributed by atoms with Gasteiger partial charge < -0.3 is 15.1 Å². The van der Waals surface area contributed by atoms with Crippen molar-refractivity contribution in [2.24, 2.45) is 4.99 Å². The third kappa shape index (κ3) is 4.45. The second-order valence-corrected chi connectivity index (χ2v) is 6.07. The number of rotatable bonds is 5. The first-order valence-corrected chi connectivity index (χ1v) is 8.13. The average Bonchev–Trinajstić information content (AvgIpc) is 3.03. The Hall–Kier alpha value is -2.88. The molecular formula is C17H18F3N5O2. The molecular weight excluding hydrogens is 363 g/mol. The van der Waals surface area contributed by atoms with E-state index in [4.69, 9.17) is 0 Å². The van der Waals surface area contributed by atoms with Gasteiger partial charge in [0, 0.05) is 37.3 Å². The van der Waals surface area contributed by atoms with E-state index < -0.39 is 12.8 Å². The minimum Gasteiger partial charge on any atom is -0.468 e. The summed E-state index contributed by atoms with van der Waals surface area (Å²) in [4.78, 5) is 20.0. The third-order valence-corrected chi connectivity index (χ3v) is 4.05. The second kappa shape index (κ2) is 7.39. The first-order chi connectivity index (χ1) is 12.8. The summed E-state index contributed by atoms with van der Waals surface area (Å²) in [6.07, 6.45) is 2.26. The van der Waals surface area contributed by atoms with Crippen LogP contribution in [0.5, 0.6) is 5.88 Å². The van der Waals surface area contributed by atoms with Gasteiger partial charge in [0.05, 0.1) is 12.6 Å². The summed E-state index contributed by atoms with van der Waals surface area (Å²) in [5.41, 5.74) is 5.85. The lowest BCUT2D eigenvalue weighted by Gasteiger charge is -2.20. The molecule has 3 rings (SSSR count). The Balaban J connectivity index is 1.70. The van der Waals surface area contributed by atoms with Crippen LogP contribution < -0.4 is 15.5 Å². The molecule has 1 atom stereocenters. The summed E-state index contributed by atoms with van der Waals surface area (Å²) in [6.45, 7) is 0.798. The van der Waals surface area contributed by atoms with E-state index in [2.05, 4.69) is 25.5 Å². The van der Waals surface area contributed by atoms with Gasteiger partial charge in [0.25, 0.3) is 5.91 Å². The fourth-order valence-electron chi connectivity index (χ4n) is 2.71. The number of aryl methyl sites for hydroxylation is 1. The van der Waals surface area contributed by atoms with Crippen LogP contribution in [0.2, 0.25) is 0 Å². The monoisotopic (exact) mass is 381 g/mol. The van der Waals surface area contributed by atoms with Crippen molar-refractivity contribution in [3.05, 3.63) is 47.4 Å². The van der Waals surface area contributed by atoms with E-state index in [1.54, 1.807) is 24.3 Å². The lowest BCUT2D eigenvalue weighted by atomic mass is 10.0. The number of nitrogens with one attached hydrogen (secondary N) is 2. The molecule has 1 amide bonds. The third-order valence-electron chi connectivity index (χ3n) is 4.05. The van der Waals surface area contributed by atoms with Crippen molar-refractivity contribution >= 4 is 11.6 Å². The summed E-state index contributed by atoms with van der Waals surface area (Å²) >= 11 is 0. The van der Waals surface area contributed by atoms with Gasteiger partial charge >= 0.3 is 6.18 Å². The van der Waals surface area contributed by atoms with Crippen LogP contribution >= 0.6 is 0 Å². The smallest absolute Gasteiger partial charge is 0.422 e. The Morgan fingerprint density at radius 2 is 2.22 bits per heavy atom. The quantitative estimate of drug-likeness (QED) is 0.811. The van der Waals surface area contributed by atoms with Gasteiger partial charge in [-0.15, -0.1) is 0 Å². The first-order valence-electron chi connectivity index (χ1n) is 8.13. The van der Waals surface area contributed by atoms with E-state index in [1.807, 2.05) is 6.08 Å². The van der Waals surface area contributed by atoms with E-state index in [1.165, 1.54) is 19.3 Å². The van der Waals surface area contributed by atoms with Gasteiger partial charge in [-0.3, -0.25) is 9.79 Å².